The Bertz CT molecular complexity index is 402. The predicted molar refractivity (Wildman–Crippen MR) is 59.1 cm³/mol. The molecule has 1 aliphatic rings. The van der Waals surface area contributed by atoms with Crippen LogP contribution in [-0.2, 0) is 0 Å². The first-order valence-electron chi connectivity index (χ1n) is 5.23. The van der Waals surface area contributed by atoms with Gasteiger partial charge in [-0.3, -0.25) is 0 Å². The number of carboxylic acid groups (broad SMARTS) is 1. The third-order valence-electron chi connectivity index (χ3n) is 2.67. The molecule has 1 aromatic heterocycles. The average Bonchev–Trinajstić information content (AvgIpc) is 2.73. The average molecular weight is 242 g/mol. The molecule has 0 atom stereocenters. The van der Waals surface area contributed by atoms with Gasteiger partial charge in [0, 0.05) is 6.20 Å². The van der Waals surface area contributed by atoms with Gasteiger partial charge in [-0.1, -0.05) is 11.6 Å². The van der Waals surface area contributed by atoms with Crippen molar-refractivity contribution in [2.24, 2.45) is 0 Å². The van der Waals surface area contributed by atoms with E-state index in [1.807, 2.05) is 0 Å². The fourth-order valence-corrected chi connectivity index (χ4v) is 2.07. The number of aromatic carboxylic acids is 1. The largest absolute Gasteiger partial charge is 0.478 e. The number of ether oxygens (including phenoxy) is 1. The number of nitrogens with zero attached hydrogens (tertiary/aromatic N) is 1. The normalized spacial score (nSPS) is 16.3. The van der Waals surface area contributed by atoms with Gasteiger partial charge in [-0.2, -0.15) is 0 Å². The van der Waals surface area contributed by atoms with Crippen molar-refractivity contribution < 1.29 is 14.6 Å². The van der Waals surface area contributed by atoms with Crippen LogP contribution in [0.1, 0.15) is 36.0 Å². The van der Waals surface area contributed by atoms with Crippen LogP contribution in [0.25, 0.3) is 0 Å². The van der Waals surface area contributed by atoms with Crippen LogP contribution in [0, 0.1) is 0 Å². The lowest BCUT2D eigenvalue weighted by Gasteiger charge is -2.13. The van der Waals surface area contributed by atoms with Gasteiger partial charge in [-0.25, -0.2) is 9.78 Å². The highest BCUT2D eigenvalue weighted by atomic mass is 35.5. The van der Waals surface area contributed by atoms with Gasteiger partial charge in [0.05, 0.1) is 5.56 Å². The highest BCUT2D eigenvalue weighted by Crippen LogP contribution is 2.29. The second-order valence-electron chi connectivity index (χ2n) is 3.81. The number of halogens is 1. The Morgan fingerprint density at radius 1 is 1.50 bits per heavy atom. The summed E-state index contributed by atoms with van der Waals surface area (Å²) in [7, 11) is 0. The summed E-state index contributed by atoms with van der Waals surface area (Å²) in [5, 5.41) is 8.97. The van der Waals surface area contributed by atoms with Crippen molar-refractivity contribution in [1.82, 2.24) is 4.98 Å². The SMILES string of the molecule is O=C(O)c1ccnc(OC2CCCC2)c1Cl. The van der Waals surface area contributed by atoms with Gasteiger partial charge in [0.1, 0.15) is 11.1 Å². The molecule has 0 spiro atoms. The molecule has 5 heteroatoms. The maximum absolute atomic E-state index is 10.8. The number of pyridine rings is 1. The number of aromatic nitrogens is 1. The molecule has 1 fully saturated rings. The van der Waals surface area contributed by atoms with E-state index in [1.54, 1.807) is 0 Å². The molecule has 0 aliphatic heterocycles. The lowest BCUT2D eigenvalue weighted by atomic mass is 10.2. The summed E-state index contributed by atoms with van der Waals surface area (Å²) in [4.78, 5) is 14.8. The molecule has 0 amide bonds. The Hall–Kier alpha value is -1.29. The Labute approximate surface area is 98.2 Å². The van der Waals surface area contributed by atoms with Crippen molar-refractivity contribution in [2.75, 3.05) is 0 Å². The lowest BCUT2D eigenvalue weighted by Crippen LogP contribution is -2.13. The van der Waals surface area contributed by atoms with E-state index >= 15 is 0 Å². The topological polar surface area (TPSA) is 59.4 Å². The molecule has 0 radical (unpaired) electrons. The fraction of sp³-hybridized carbons (Fsp3) is 0.455. The number of carbonyl (C=O) groups is 1. The first-order chi connectivity index (χ1) is 7.68. The van der Waals surface area contributed by atoms with E-state index in [-0.39, 0.29) is 22.6 Å². The second kappa shape index (κ2) is 4.70. The minimum Gasteiger partial charge on any atom is -0.478 e. The molecule has 4 nitrogen and oxygen atoms in total. The van der Waals surface area contributed by atoms with Crippen molar-refractivity contribution in [3.05, 3.63) is 22.8 Å². The number of hydrogen-bond acceptors (Lipinski definition) is 3. The van der Waals surface area contributed by atoms with E-state index in [0.717, 1.165) is 25.7 Å². The zero-order valence-electron chi connectivity index (χ0n) is 8.65. The van der Waals surface area contributed by atoms with Gasteiger partial charge in [0.25, 0.3) is 0 Å². The summed E-state index contributed by atoms with van der Waals surface area (Å²) in [5.41, 5.74) is 0.0321. The second-order valence-corrected chi connectivity index (χ2v) is 4.19. The molecule has 1 N–H and O–H groups in total. The minimum absolute atomic E-state index is 0.0321. The summed E-state index contributed by atoms with van der Waals surface area (Å²) in [5.74, 6) is -0.836. The fourth-order valence-electron chi connectivity index (χ4n) is 1.84. The van der Waals surface area contributed by atoms with Crippen molar-refractivity contribution in [2.45, 2.75) is 31.8 Å². The van der Waals surface area contributed by atoms with Crippen LogP contribution < -0.4 is 4.74 Å². The lowest BCUT2D eigenvalue weighted by molar-refractivity contribution is 0.0696. The van der Waals surface area contributed by atoms with Gasteiger partial charge in [-0.05, 0) is 31.7 Å². The third-order valence-corrected chi connectivity index (χ3v) is 3.03. The first-order valence-corrected chi connectivity index (χ1v) is 5.60. The van der Waals surface area contributed by atoms with Crippen molar-refractivity contribution >= 4 is 17.6 Å². The summed E-state index contributed by atoms with van der Waals surface area (Å²) in [6.07, 6.45) is 5.76. The van der Waals surface area contributed by atoms with Gasteiger partial charge in [-0.15, -0.1) is 0 Å². The van der Waals surface area contributed by atoms with E-state index in [1.165, 1.54) is 12.3 Å². The molecular formula is C11H12ClNO3. The van der Waals surface area contributed by atoms with E-state index in [9.17, 15) is 4.79 Å². The maximum Gasteiger partial charge on any atom is 0.337 e. The monoisotopic (exact) mass is 241 g/mol. The molecular weight excluding hydrogens is 230 g/mol. The zero-order chi connectivity index (χ0) is 11.5. The Balaban J connectivity index is 2.20. The Morgan fingerprint density at radius 3 is 2.81 bits per heavy atom. The van der Waals surface area contributed by atoms with E-state index in [2.05, 4.69) is 4.98 Å². The third kappa shape index (κ3) is 2.27. The molecule has 1 aliphatic carbocycles. The molecule has 1 heterocycles. The van der Waals surface area contributed by atoms with Gasteiger partial charge in [0.15, 0.2) is 0 Å². The highest BCUT2D eigenvalue weighted by Gasteiger charge is 2.20. The molecule has 0 bridgehead atoms. The van der Waals surface area contributed by atoms with Gasteiger partial charge < -0.3 is 9.84 Å². The van der Waals surface area contributed by atoms with Crippen molar-refractivity contribution in [3.63, 3.8) is 0 Å². The van der Waals surface area contributed by atoms with Crippen LogP contribution in [-0.4, -0.2) is 22.2 Å². The smallest absolute Gasteiger partial charge is 0.337 e. The van der Waals surface area contributed by atoms with Gasteiger partial charge in [0.2, 0.25) is 5.88 Å². The predicted octanol–water partition coefficient (Wildman–Crippen LogP) is 2.75. The molecule has 1 aromatic rings. The number of hydrogen-bond donors (Lipinski definition) is 1. The molecule has 0 saturated heterocycles. The Morgan fingerprint density at radius 2 is 2.19 bits per heavy atom. The molecule has 2 rings (SSSR count). The van der Waals surface area contributed by atoms with Crippen LogP contribution in [0.5, 0.6) is 5.88 Å². The van der Waals surface area contributed by atoms with Crippen LogP contribution in [0.3, 0.4) is 0 Å². The summed E-state index contributed by atoms with van der Waals surface area (Å²) < 4.78 is 5.59. The van der Waals surface area contributed by atoms with Crippen LogP contribution in [0.2, 0.25) is 5.02 Å². The molecule has 16 heavy (non-hydrogen) atoms. The summed E-state index contributed by atoms with van der Waals surface area (Å²) in [6, 6.07) is 1.37. The van der Waals surface area contributed by atoms with E-state index in [0.29, 0.717) is 0 Å². The highest BCUT2D eigenvalue weighted by molar-refractivity contribution is 6.34. The van der Waals surface area contributed by atoms with Crippen LogP contribution in [0.4, 0.5) is 0 Å². The number of rotatable bonds is 3. The molecule has 0 unspecified atom stereocenters. The van der Waals surface area contributed by atoms with Gasteiger partial charge >= 0.3 is 5.97 Å². The number of carboxylic acids is 1. The molecule has 1 saturated carbocycles. The van der Waals surface area contributed by atoms with Crippen LogP contribution >= 0.6 is 11.6 Å². The molecule has 0 aromatic carbocycles. The van der Waals surface area contributed by atoms with E-state index < -0.39 is 5.97 Å². The maximum atomic E-state index is 10.8. The summed E-state index contributed by atoms with van der Waals surface area (Å²) >= 11 is 5.91. The first kappa shape index (κ1) is 11.2. The van der Waals surface area contributed by atoms with Crippen LogP contribution in [0.15, 0.2) is 12.3 Å². The summed E-state index contributed by atoms with van der Waals surface area (Å²) in [6.45, 7) is 0. The van der Waals surface area contributed by atoms with Crippen molar-refractivity contribution in [1.29, 1.82) is 0 Å². The Kier molecular flexibility index (Phi) is 3.29. The molecule has 86 valence electrons. The van der Waals surface area contributed by atoms with E-state index in [4.69, 9.17) is 21.4 Å². The van der Waals surface area contributed by atoms with Crippen molar-refractivity contribution in [3.8, 4) is 5.88 Å². The zero-order valence-corrected chi connectivity index (χ0v) is 9.41. The standard InChI is InChI=1S/C11H12ClNO3/c12-9-8(11(14)15)5-6-13-10(9)16-7-3-1-2-4-7/h5-7H,1-4H2,(H,14,15). The minimum atomic E-state index is -1.07. The quantitative estimate of drug-likeness (QED) is 0.884.